The number of fused-ring (bicyclic) bond motifs is 1. The van der Waals surface area contributed by atoms with E-state index in [4.69, 9.17) is 5.73 Å². The molecule has 0 saturated carbocycles. The maximum Gasteiger partial charge on any atom is 0.132 e. The van der Waals surface area contributed by atoms with Gasteiger partial charge in [0, 0.05) is 34.7 Å². The number of nitrogens with zero attached hydrogens (tertiary/aromatic N) is 2. The molecular weight excluding hydrogens is 309 g/mol. The molecule has 2 aromatic rings. The van der Waals surface area contributed by atoms with Crippen LogP contribution < -0.4 is 5.73 Å². The van der Waals surface area contributed by atoms with E-state index in [-0.39, 0.29) is 11.9 Å². The van der Waals surface area contributed by atoms with Gasteiger partial charge in [0.25, 0.3) is 0 Å². The van der Waals surface area contributed by atoms with E-state index in [9.17, 15) is 4.39 Å². The summed E-state index contributed by atoms with van der Waals surface area (Å²) in [4.78, 5) is 4.55. The number of aromatic nitrogens is 2. The lowest BCUT2D eigenvalue weighted by Gasteiger charge is -2.22. The van der Waals surface area contributed by atoms with E-state index in [2.05, 4.69) is 25.5 Å². The Morgan fingerprint density at radius 3 is 3.05 bits per heavy atom. The van der Waals surface area contributed by atoms with Crippen molar-refractivity contribution in [2.24, 2.45) is 5.73 Å². The first-order valence-electron chi connectivity index (χ1n) is 6.33. The predicted molar refractivity (Wildman–Crippen MR) is 76.4 cm³/mol. The SMILES string of the molecule is Cc1nc(-c2cc(Br)ccc2F)c2n1CCC(N)C2. The van der Waals surface area contributed by atoms with Crippen LogP contribution in [0, 0.1) is 12.7 Å². The number of imidazole rings is 1. The molecule has 1 aliphatic heterocycles. The second kappa shape index (κ2) is 4.72. The van der Waals surface area contributed by atoms with Gasteiger partial charge in [0.05, 0.1) is 5.69 Å². The highest BCUT2D eigenvalue weighted by atomic mass is 79.9. The van der Waals surface area contributed by atoms with Gasteiger partial charge in [0.15, 0.2) is 0 Å². The standard InChI is InChI=1S/C14H15BrFN3/c1-8-18-14(11-6-9(15)2-3-12(11)16)13-7-10(17)4-5-19(8)13/h2-3,6,10H,4-5,7,17H2,1H3. The summed E-state index contributed by atoms with van der Waals surface area (Å²) in [6.07, 6.45) is 1.70. The van der Waals surface area contributed by atoms with E-state index in [1.165, 1.54) is 6.07 Å². The van der Waals surface area contributed by atoms with Crippen molar-refractivity contribution in [3.05, 3.63) is 40.0 Å². The first-order valence-corrected chi connectivity index (χ1v) is 7.12. The number of rotatable bonds is 1. The number of benzene rings is 1. The third-order valence-corrected chi connectivity index (χ3v) is 4.12. The second-order valence-electron chi connectivity index (χ2n) is 4.98. The van der Waals surface area contributed by atoms with Crippen LogP contribution in [0.2, 0.25) is 0 Å². The first-order chi connectivity index (χ1) is 9.06. The lowest BCUT2D eigenvalue weighted by atomic mass is 10.0. The van der Waals surface area contributed by atoms with Crippen LogP contribution in [0.4, 0.5) is 4.39 Å². The molecule has 1 aromatic carbocycles. The van der Waals surface area contributed by atoms with Gasteiger partial charge in [0.2, 0.25) is 0 Å². The third-order valence-electron chi connectivity index (χ3n) is 3.63. The topological polar surface area (TPSA) is 43.8 Å². The van der Waals surface area contributed by atoms with Gasteiger partial charge >= 0.3 is 0 Å². The van der Waals surface area contributed by atoms with Crippen molar-refractivity contribution in [2.75, 3.05) is 0 Å². The number of halogens is 2. The fourth-order valence-electron chi connectivity index (χ4n) is 2.65. The molecule has 0 saturated heterocycles. The van der Waals surface area contributed by atoms with Crippen molar-refractivity contribution in [1.82, 2.24) is 9.55 Å². The summed E-state index contributed by atoms with van der Waals surface area (Å²) in [5.74, 6) is 0.680. The summed E-state index contributed by atoms with van der Waals surface area (Å²) >= 11 is 3.38. The fraction of sp³-hybridized carbons (Fsp3) is 0.357. The Morgan fingerprint density at radius 2 is 2.26 bits per heavy atom. The molecule has 3 nitrogen and oxygen atoms in total. The van der Waals surface area contributed by atoms with Gasteiger partial charge in [-0.1, -0.05) is 15.9 Å². The number of hydrogen-bond donors (Lipinski definition) is 1. The van der Waals surface area contributed by atoms with Crippen LogP contribution >= 0.6 is 15.9 Å². The molecule has 1 aromatic heterocycles. The van der Waals surface area contributed by atoms with Crippen LogP contribution in [0.15, 0.2) is 22.7 Å². The zero-order valence-corrected chi connectivity index (χ0v) is 12.2. The Labute approximate surface area is 119 Å². The first kappa shape index (κ1) is 12.8. The monoisotopic (exact) mass is 323 g/mol. The Balaban J connectivity index is 2.18. The predicted octanol–water partition coefficient (Wildman–Crippen LogP) is 3.03. The number of aryl methyl sites for hydroxylation is 1. The molecule has 1 atom stereocenters. The molecule has 0 bridgehead atoms. The van der Waals surface area contributed by atoms with E-state index in [0.29, 0.717) is 5.56 Å². The molecular formula is C14H15BrFN3. The molecule has 100 valence electrons. The van der Waals surface area contributed by atoms with E-state index < -0.39 is 0 Å². The van der Waals surface area contributed by atoms with Gasteiger partial charge in [-0.2, -0.15) is 0 Å². The van der Waals surface area contributed by atoms with Crippen LogP contribution in [0.25, 0.3) is 11.3 Å². The van der Waals surface area contributed by atoms with Crippen molar-refractivity contribution in [1.29, 1.82) is 0 Å². The zero-order chi connectivity index (χ0) is 13.6. The van der Waals surface area contributed by atoms with Crippen LogP contribution in [0.3, 0.4) is 0 Å². The van der Waals surface area contributed by atoms with Crippen LogP contribution in [-0.4, -0.2) is 15.6 Å². The van der Waals surface area contributed by atoms with Crippen LogP contribution in [0.1, 0.15) is 17.9 Å². The Hall–Kier alpha value is -1.20. The summed E-state index contributed by atoms with van der Waals surface area (Å²) in [6, 6.07) is 5.07. The molecule has 19 heavy (non-hydrogen) atoms. The molecule has 0 fully saturated rings. The highest BCUT2D eigenvalue weighted by Gasteiger charge is 2.24. The molecule has 1 aliphatic rings. The number of nitrogens with two attached hydrogens (primary N) is 1. The highest BCUT2D eigenvalue weighted by molar-refractivity contribution is 9.10. The average Bonchev–Trinajstić information content (AvgIpc) is 2.69. The average molecular weight is 324 g/mol. The van der Waals surface area contributed by atoms with Crippen molar-refractivity contribution >= 4 is 15.9 Å². The fourth-order valence-corrected chi connectivity index (χ4v) is 3.01. The van der Waals surface area contributed by atoms with E-state index in [1.807, 2.05) is 6.92 Å². The minimum absolute atomic E-state index is 0.137. The largest absolute Gasteiger partial charge is 0.332 e. The summed E-state index contributed by atoms with van der Waals surface area (Å²) in [6.45, 7) is 2.82. The Morgan fingerprint density at radius 1 is 1.47 bits per heavy atom. The molecule has 5 heteroatoms. The van der Waals surface area contributed by atoms with E-state index in [0.717, 1.165) is 41.1 Å². The van der Waals surface area contributed by atoms with Gasteiger partial charge < -0.3 is 10.3 Å². The smallest absolute Gasteiger partial charge is 0.132 e. The summed E-state index contributed by atoms with van der Waals surface area (Å²) in [5, 5.41) is 0. The molecule has 3 rings (SSSR count). The minimum Gasteiger partial charge on any atom is -0.332 e. The maximum atomic E-state index is 14.0. The molecule has 1 unspecified atom stereocenters. The second-order valence-corrected chi connectivity index (χ2v) is 5.90. The van der Waals surface area contributed by atoms with Gasteiger partial charge in [0.1, 0.15) is 11.6 Å². The molecule has 2 heterocycles. The lowest BCUT2D eigenvalue weighted by molar-refractivity contribution is 0.465. The quantitative estimate of drug-likeness (QED) is 0.876. The molecule has 0 amide bonds. The Kier molecular flexibility index (Phi) is 3.19. The third kappa shape index (κ3) is 2.21. The Bertz CT molecular complexity index is 636. The molecule has 2 N–H and O–H groups in total. The van der Waals surface area contributed by atoms with Gasteiger partial charge in [-0.15, -0.1) is 0 Å². The molecule has 0 aliphatic carbocycles. The van der Waals surface area contributed by atoms with Gasteiger partial charge in [-0.3, -0.25) is 0 Å². The zero-order valence-electron chi connectivity index (χ0n) is 10.7. The summed E-state index contributed by atoms with van der Waals surface area (Å²) < 4.78 is 17.0. The van der Waals surface area contributed by atoms with Crippen molar-refractivity contribution in [3.8, 4) is 11.3 Å². The molecule has 0 radical (unpaired) electrons. The van der Waals surface area contributed by atoms with E-state index >= 15 is 0 Å². The lowest BCUT2D eigenvalue weighted by Crippen LogP contribution is -2.31. The van der Waals surface area contributed by atoms with Crippen LogP contribution in [0.5, 0.6) is 0 Å². The van der Waals surface area contributed by atoms with Crippen molar-refractivity contribution in [3.63, 3.8) is 0 Å². The maximum absolute atomic E-state index is 14.0. The van der Waals surface area contributed by atoms with Crippen LogP contribution in [-0.2, 0) is 13.0 Å². The summed E-state index contributed by atoms with van der Waals surface area (Å²) in [7, 11) is 0. The van der Waals surface area contributed by atoms with E-state index in [1.54, 1.807) is 12.1 Å². The normalized spacial score (nSPS) is 18.4. The highest BCUT2D eigenvalue weighted by Crippen LogP contribution is 2.31. The minimum atomic E-state index is -0.247. The molecule has 0 spiro atoms. The van der Waals surface area contributed by atoms with Crippen molar-refractivity contribution in [2.45, 2.75) is 32.4 Å². The van der Waals surface area contributed by atoms with Gasteiger partial charge in [-0.05, 0) is 31.5 Å². The van der Waals surface area contributed by atoms with Crippen molar-refractivity contribution < 1.29 is 4.39 Å². The number of hydrogen-bond acceptors (Lipinski definition) is 2. The summed E-state index contributed by atoms with van der Waals surface area (Å²) in [5.41, 5.74) is 8.35. The van der Waals surface area contributed by atoms with Gasteiger partial charge in [-0.25, -0.2) is 9.37 Å².